The monoisotopic (exact) mass is 279 g/mol. The van der Waals surface area contributed by atoms with Crippen LogP contribution in [-0.4, -0.2) is 12.7 Å². The quantitative estimate of drug-likeness (QED) is 0.863. The van der Waals surface area contributed by atoms with Crippen molar-refractivity contribution >= 4 is 23.2 Å². The van der Waals surface area contributed by atoms with Gasteiger partial charge in [0.2, 0.25) is 12.7 Å². The van der Waals surface area contributed by atoms with Crippen molar-refractivity contribution in [2.24, 2.45) is 5.92 Å². The van der Waals surface area contributed by atoms with Crippen molar-refractivity contribution in [3.05, 3.63) is 29.3 Å². The predicted molar refractivity (Wildman–Crippen MR) is 72.7 cm³/mol. The van der Waals surface area contributed by atoms with Gasteiger partial charge < -0.3 is 14.8 Å². The second-order valence-corrected chi connectivity index (χ2v) is 5.11. The number of nitrogens with one attached hydrogen (secondary N) is 1. The zero-order chi connectivity index (χ0) is 13.2. The van der Waals surface area contributed by atoms with Gasteiger partial charge in [-0.2, -0.15) is 0 Å². The van der Waals surface area contributed by atoms with Crippen molar-refractivity contribution in [1.29, 1.82) is 0 Å². The summed E-state index contributed by atoms with van der Waals surface area (Å²) in [5.74, 6) is 1.53. The zero-order valence-electron chi connectivity index (χ0n) is 10.3. The zero-order valence-corrected chi connectivity index (χ0v) is 11.1. The molecule has 0 spiro atoms. The Kier molecular flexibility index (Phi) is 3.34. The smallest absolute Gasteiger partial charge is 0.231 e. The standard InChI is InChI=1S/C14H14ClNO3/c15-10-6-12-13(19-8-18-12)7-11(10)16-14(17)5-9-3-1-2-4-9/h1,3,6-7,9H,2,4-5,8H2,(H,16,17)/t9-/m0/s1. The van der Waals surface area contributed by atoms with Crippen LogP contribution in [0.3, 0.4) is 0 Å². The lowest BCUT2D eigenvalue weighted by Gasteiger charge is -2.10. The number of fused-ring (bicyclic) bond motifs is 1. The molecule has 1 amide bonds. The number of carbonyl (C=O) groups excluding carboxylic acids is 1. The number of amides is 1. The number of rotatable bonds is 3. The van der Waals surface area contributed by atoms with Crippen LogP contribution in [0, 0.1) is 5.92 Å². The van der Waals surface area contributed by atoms with Gasteiger partial charge in [-0.25, -0.2) is 0 Å². The fourth-order valence-corrected chi connectivity index (χ4v) is 2.52. The van der Waals surface area contributed by atoms with Gasteiger partial charge in [0.25, 0.3) is 0 Å². The highest BCUT2D eigenvalue weighted by molar-refractivity contribution is 6.34. The van der Waals surface area contributed by atoms with Crippen LogP contribution >= 0.6 is 11.6 Å². The molecular weight excluding hydrogens is 266 g/mol. The Hall–Kier alpha value is -1.68. The lowest BCUT2D eigenvalue weighted by atomic mass is 10.1. The maximum Gasteiger partial charge on any atom is 0.231 e. The maximum atomic E-state index is 11.9. The van der Waals surface area contributed by atoms with Gasteiger partial charge >= 0.3 is 0 Å². The van der Waals surface area contributed by atoms with E-state index in [1.165, 1.54) is 0 Å². The van der Waals surface area contributed by atoms with E-state index in [1.807, 2.05) is 0 Å². The molecule has 0 fully saturated rings. The summed E-state index contributed by atoms with van der Waals surface area (Å²) in [6, 6.07) is 3.36. The predicted octanol–water partition coefficient (Wildman–Crippen LogP) is 3.36. The molecule has 1 aromatic carbocycles. The summed E-state index contributed by atoms with van der Waals surface area (Å²) < 4.78 is 10.5. The van der Waals surface area contributed by atoms with Gasteiger partial charge in [0, 0.05) is 18.6 Å². The van der Waals surface area contributed by atoms with Crippen LogP contribution in [0.4, 0.5) is 5.69 Å². The molecule has 2 aliphatic rings. The van der Waals surface area contributed by atoms with Gasteiger partial charge in [-0.15, -0.1) is 0 Å². The molecule has 0 saturated heterocycles. The third-order valence-corrected chi connectivity index (χ3v) is 3.61. The maximum absolute atomic E-state index is 11.9. The number of benzene rings is 1. The fraction of sp³-hybridized carbons (Fsp3) is 0.357. The Bertz CT molecular complexity index is 542. The van der Waals surface area contributed by atoms with E-state index in [9.17, 15) is 4.79 Å². The molecule has 1 N–H and O–H groups in total. The molecule has 19 heavy (non-hydrogen) atoms. The van der Waals surface area contributed by atoms with Crippen LogP contribution in [0.1, 0.15) is 19.3 Å². The number of carbonyl (C=O) groups is 1. The molecule has 0 radical (unpaired) electrons. The first-order valence-corrected chi connectivity index (χ1v) is 6.66. The van der Waals surface area contributed by atoms with E-state index in [2.05, 4.69) is 17.5 Å². The van der Waals surface area contributed by atoms with Crippen molar-refractivity contribution in [1.82, 2.24) is 0 Å². The first kappa shape index (κ1) is 12.4. The second kappa shape index (κ2) is 5.13. The molecule has 1 aliphatic heterocycles. The average molecular weight is 280 g/mol. The van der Waals surface area contributed by atoms with Crippen LogP contribution in [0.5, 0.6) is 11.5 Å². The van der Waals surface area contributed by atoms with Gasteiger partial charge in [-0.3, -0.25) is 4.79 Å². The first-order valence-electron chi connectivity index (χ1n) is 6.28. The van der Waals surface area contributed by atoms with Gasteiger partial charge in [-0.1, -0.05) is 23.8 Å². The topological polar surface area (TPSA) is 47.6 Å². The second-order valence-electron chi connectivity index (χ2n) is 4.70. The van der Waals surface area contributed by atoms with Crippen molar-refractivity contribution in [2.75, 3.05) is 12.1 Å². The van der Waals surface area contributed by atoms with Gasteiger partial charge in [0.05, 0.1) is 10.7 Å². The Morgan fingerprint density at radius 3 is 2.89 bits per heavy atom. The van der Waals surface area contributed by atoms with Crippen LogP contribution in [0.15, 0.2) is 24.3 Å². The summed E-state index contributed by atoms with van der Waals surface area (Å²) in [6.45, 7) is 0.190. The number of hydrogen-bond donors (Lipinski definition) is 1. The molecule has 1 aliphatic carbocycles. The van der Waals surface area contributed by atoms with Gasteiger partial charge in [0.15, 0.2) is 11.5 Å². The lowest BCUT2D eigenvalue weighted by molar-refractivity contribution is -0.116. The summed E-state index contributed by atoms with van der Waals surface area (Å²) in [7, 11) is 0. The highest BCUT2D eigenvalue weighted by atomic mass is 35.5. The highest BCUT2D eigenvalue weighted by Gasteiger charge is 2.19. The van der Waals surface area contributed by atoms with E-state index < -0.39 is 0 Å². The fourth-order valence-electron chi connectivity index (χ4n) is 2.32. The minimum absolute atomic E-state index is 0.0303. The van der Waals surface area contributed by atoms with E-state index in [1.54, 1.807) is 12.1 Å². The molecule has 3 rings (SSSR count). The molecular formula is C14H14ClNO3. The van der Waals surface area contributed by atoms with E-state index in [-0.39, 0.29) is 12.7 Å². The summed E-state index contributed by atoms with van der Waals surface area (Å²) in [5, 5.41) is 3.28. The molecule has 1 atom stereocenters. The normalized spacial score (nSPS) is 19.7. The average Bonchev–Trinajstić information content (AvgIpc) is 3.00. The van der Waals surface area contributed by atoms with Gasteiger partial charge in [0.1, 0.15) is 0 Å². The van der Waals surface area contributed by atoms with Crippen molar-refractivity contribution in [3.63, 3.8) is 0 Å². The Morgan fingerprint density at radius 1 is 1.37 bits per heavy atom. The van der Waals surface area contributed by atoms with Gasteiger partial charge in [-0.05, 0) is 18.8 Å². The highest BCUT2D eigenvalue weighted by Crippen LogP contribution is 2.39. The summed E-state index contributed by atoms with van der Waals surface area (Å²) >= 11 is 6.10. The third-order valence-electron chi connectivity index (χ3n) is 3.30. The van der Waals surface area contributed by atoms with Crippen molar-refractivity contribution < 1.29 is 14.3 Å². The largest absolute Gasteiger partial charge is 0.454 e. The molecule has 1 aromatic rings. The summed E-state index contributed by atoms with van der Waals surface area (Å²) in [4.78, 5) is 11.9. The summed E-state index contributed by atoms with van der Waals surface area (Å²) in [5.41, 5.74) is 0.567. The SMILES string of the molecule is O=C(C[C@H]1C=CCC1)Nc1cc2c(cc1Cl)OCO2. The molecule has 4 nitrogen and oxygen atoms in total. The molecule has 100 valence electrons. The Labute approximate surface area is 116 Å². The Balaban J connectivity index is 1.69. The van der Waals surface area contributed by atoms with E-state index >= 15 is 0 Å². The number of halogens is 1. The van der Waals surface area contributed by atoms with E-state index in [4.69, 9.17) is 21.1 Å². The van der Waals surface area contributed by atoms with E-state index in [0.29, 0.717) is 34.5 Å². The summed E-state index contributed by atoms with van der Waals surface area (Å²) in [6.07, 6.45) is 6.80. The van der Waals surface area contributed by atoms with E-state index in [0.717, 1.165) is 12.8 Å². The van der Waals surface area contributed by atoms with Crippen LogP contribution in [-0.2, 0) is 4.79 Å². The van der Waals surface area contributed by atoms with Crippen LogP contribution in [0.2, 0.25) is 5.02 Å². The molecule has 0 unspecified atom stereocenters. The van der Waals surface area contributed by atoms with Crippen LogP contribution < -0.4 is 14.8 Å². The third kappa shape index (κ3) is 2.68. The minimum Gasteiger partial charge on any atom is -0.454 e. The number of hydrogen-bond acceptors (Lipinski definition) is 3. The number of anilines is 1. The van der Waals surface area contributed by atoms with Crippen molar-refractivity contribution in [3.8, 4) is 11.5 Å². The number of ether oxygens (including phenoxy) is 2. The molecule has 1 heterocycles. The van der Waals surface area contributed by atoms with Crippen molar-refractivity contribution in [2.45, 2.75) is 19.3 Å². The lowest BCUT2D eigenvalue weighted by Crippen LogP contribution is -2.15. The molecule has 5 heteroatoms. The number of allylic oxidation sites excluding steroid dienone is 2. The minimum atomic E-state index is -0.0303. The van der Waals surface area contributed by atoms with Crippen LogP contribution in [0.25, 0.3) is 0 Å². The molecule has 0 saturated carbocycles. The molecule has 0 bridgehead atoms. The first-order chi connectivity index (χ1) is 9.22. The Morgan fingerprint density at radius 2 is 2.16 bits per heavy atom. The molecule has 0 aromatic heterocycles.